The minimum absolute atomic E-state index is 0.0372. The molecule has 0 radical (unpaired) electrons. The molecule has 20 heavy (non-hydrogen) atoms. The van der Waals surface area contributed by atoms with Gasteiger partial charge in [-0.25, -0.2) is 4.39 Å². The van der Waals surface area contributed by atoms with Crippen molar-refractivity contribution in [3.8, 4) is 0 Å². The predicted molar refractivity (Wildman–Crippen MR) is 73.6 cm³/mol. The highest BCUT2D eigenvalue weighted by molar-refractivity contribution is 5.94. The highest BCUT2D eigenvalue weighted by atomic mass is 19.1. The lowest BCUT2D eigenvalue weighted by atomic mass is 10.0. The van der Waals surface area contributed by atoms with E-state index in [1.807, 2.05) is 11.0 Å². The average molecular weight is 270 g/mol. The fourth-order valence-corrected chi connectivity index (χ4v) is 2.73. The van der Waals surface area contributed by atoms with E-state index < -0.39 is 0 Å². The van der Waals surface area contributed by atoms with Gasteiger partial charge in [0.15, 0.2) is 0 Å². The summed E-state index contributed by atoms with van der Waals surface area (Å²) in [6, 6.07) is 9.97. The van der Waals surface area contributed by atoms with Crippen LogP contribution in [0.2, 0.25) is 0 Å². The standard InChI is InChI=1S/C16H15FN2O/c17-14-6-1-4-12(10-14)15-7-3-9-19(15)16(20)13-5-2-8-18-11-13/h1-2,4-6,8,10-11,15H,3,7,9H2. The molecule has 1 fully saturated rings. The third kappa shape index (κ3) is 2.41. The van der Waals surface area contributed by atoms with E-state index in [0.29, 0.717) is 12.1 Å². The summed E-state index contributed by atoms with van der Waals surface area (Å²) in [4.78, 5) is 18.3. The maximum absolute atomic E-state index is 13.4. The number of benzene rings is 1. The quantitative estimate of drug-likeness (QED) is 0.839. The van der Waals surface area contributed by atoms with E-state index in [1.54, 1.807) is 30.6 Å². The van der Waals surface area contributed by atoms with E-state index in [0.717, 1.165) is 18.4 Å². The molecule has 0 saturated carbocycles. The Labute approximate surface area is 117 Å². The Kier molecular flexibility index (Phi) is 3.46. The van der Waals surface area contributed by atoms with Crippen LogP contribution in [0.5, 0.6) is 0 Å². The molecule has 1 aliphatic heterocycles. The van der Waals surface area contributed by atoms with Gasteiger partial charge in [-0.1, -0.05) is 12.1 Å². The van der Waals surface area contributed by atoms with Gasteiger partial charge in [0.1, 0.15) is 5.82 Å². The summed E-state index contributed by atoms with van der Waals surface area (Å²) >= 11 is 0. The fourth-order valence-electron chi connectivity index (χ4n) is 2.73. The fraction of sp³-hybridized carbons (Fsp3) is 0.250. The Balaban J connectivity index is 1.88. The minimum Gasteiger partial charge on any atom is -0.332 e. The van der Waals surface area contributed by atoms with Gasteiger partial charge in [0.25, 0.3) is 5.91 Å². The first-order valence-corrected chi connectivity index (χ1v) is 6.72. The number of rotatable bonds is 2. The number of aromatic nitrogens is 1. The van der Waals surface area contributed by atoms with Gasteiger partial charge in [0.05, 0.1) is 11.6 Å². The number of carbonyl (C=O) groups excluding carboxylic acids is 1. The molecule has 1 saturated heterocycles. The number of hydrogen-bond acceptors (Lipinski definition) is 2. The van der Waals surface area contributed by atoms with Gasteiger partial charge in [0.2, 0.25) is 0 Å². The lowest BCUT2D eigenvalue weighted by Gasteiger charge is -2.25. The minimum atomic E-state index is -0.261. The molecule has 1 atom stereocenters. The first-order chi connectivity index (χ1) is 9.75. The van der Waals surface area contributed by atoms with E-state index in [1.165, 1.54) is 12.1 Å². The van der Waals surface area contributed by atoms with Crippen LogP contribution in [0.25, 0.3) is 0 Å². The lowest BCUT2D eigenvalue weighted by molar-refractivity contribution is 0.0735. The van der Waals surface area contributed by atoms with E-state index in [4.69, 9.17) is 0 Å². The first kappa shape index (κ1) is 12.8. The van der Waals surface area contributed by atoms with Crippen molar-refractivity contribution in [3.63, 3.8) is 0 Å². The van der Waals surface area contributed by atoms with Crippen LogP contribution in [0.15, 0.2) is 48.8 Å². The van der Waals surface area contributed by atoms with Crippen molar-refractivity contribution in [3.05, 3.63) is 65.7 Å². The van der Waals surface area contributed by atoms with Gasteiger partial charge in [0, 0.05) is 18.9 Å². The molecule has 1 aromatic carbocycles. The molecule has 0 bridgehead atoms. The van der Waals surface area contributed by atoms with E-state index >= 15 is 0 Å². The Morgan fingerprint density at radius 1 is 1.30 bits per heavy atom. The zero-order chi connectivity index (χ0) is 13.9. The largest absolute Gasteiger partial charge is 0.332 e. The summed E-state index contributed by atoms with van der Waals surface area (Å²) in [5.41, 5.74) is 1.44. The monoisotopic (exact) mass is 270 g/mol. The molecule has 2 aromatic rings. The van der Waals surface area contributed by atoms with Crippen LogP contribution in [0.1, 0.15) is 34.8 Å². The Hall–Kier alpha value is -2.23. The van der Waals surface area contributed by atoms with Crippen LogP contribution in [0, 0.1) is 5.82 Å². The Morgan fingerprint density at radius 3 is 2.95 bits per heavy atom. The Morgan fingerprint density at radius 2 is 2.20 bits per heavy atom. The van der Waals surface area contributed by atoms with Gasteiger partial charge >= 0.3 is 0 Å². The second kappa shape index (κ2) is 5.41. The first-order valence-electron chi connectivity index (χ1n) is 6.72. The smallest absolute Gasteiger partial charge is 0.255 e. The van der Waals surface area contributed by atoms with Crippen molar-refractivity contribution in [2.24, 2.45) is 0 Å². The molecule has 102 valence electrons. The molecular weight excluding hydrogens is 255 g/mol. The van der Waals surface area contributed by atoms with Crippen molar-refractivity contribution < 1.29 is 9.18 Å². The average Bonchev–Trinajstić information content (AvgIpc) is 2.97. The normalized spacial score (nSPS) is 18.2. The summed E-state index contributed by atoms with van der Waals surface area (Å²) in [6.45, 7) is 0.703. The number of halogens is 1. The molecule has 1 aromatic heterocycles. The van der Waals surface area contributed by atoms with Crippen molar-refractivity contribution in [2.45, 2.75) is 18.9 Å². The zero-order valence-electron chi connectivity index (χ0n) is 11.0. The van der Waals surface area contributed by atoms with Crippen molar-refractivity contribution in [1.29, 1.82) is 0 Å². The van der Waals surface area contributed by atoms with Crippen LogP contribution in [-0.2, 0) is 0 Å². The molecule has 2 heterocycles. The summed E-state index contributed by atoms with van der Waals surface area (Å²) in [7, 11) is 0. The molecular formula is C16H15FN2O. The van der Waals surface area contributed by atoms with Crippen LogP contribution < -0.4 is 0 Å². The zero-order valence-corrected chi connectivity index (χ0v) is 11.0. The molecule has 3 nitrogen and oxygen atoms in total. The number of nitrogens with zero attached hydrogens (tertiary/aromatic N) is 2. The SMILES string of the molecule is O=C(c1cccnc1)N1CCCC1c1cccc(F)c1. The molecule has 3 rings (SSSR count). The van der Waals surface area contributed by atoms with Crippen LogP contribution in [0.3, 0.4) is 0 Å². The van der Waals surface area contributed by atoms with Crippen LogP contribution in [0.4, 0.5) is 4.39 Å². The maximum Gasteiger partial charge on any atom is 0.255 e. The van der Waals surface area contributed by atoms with Crippen LogP contribution >= 0.6 is 0 Å². The highest BCUT2D eigenvalue weighted by Gasteiger charge is 2.30. The summed E-state index contributed by atoms with van der Waals surface area (Å²) in [5, 5.41) is 0. The topological polar surface area (TPSA) is 33.2 Å². The van der Waals surface area contributed by atoms with Crippen LogP contribution in [-0.4, -0.2) is 22.3 Å². The maximum atomic E-state index is 13.4. The summed E-state index contributed by atoms with van der Waals surface area (Å²) in [6.07, 6.45) is 5.02. The third-order valence-corrected chi connectivity index (χ3v) is 3.66. The highest BCUT2D eigenvalue weighted by Crippen LogP contribution is 2.33. The molecule has 0 spiro atoms. The predicted octanol–water partition coefficient (Wildman–Crippen LogP) is 3.20. The third-order valence-electron chi connectivity index (χ3n) is 3.66. The Bertz CT molecular complexity index is 615. The molecule has 1 unspecified atom stereocenters. The van der Waals surface area contributed by atoms with Crippen molar-refractivity contribution >= 4 is 5.91 Å². The van der Waals surface area contributed by atoms with Crippen molar-refractivity contribution in [2.75, 3.05) is 6.54 Å². The number of likely N-dealkylation sites (tertiary alicyclic amines) is 1. The molecule has 1 amide bonds. The second-order valence-electron chi connectivity index (χ2n) is 4.95. The number of carbonyl (C=O) groups is 1. The summed E-state index contributed by atoms with van der Waals surface area (Å²) in [5.74, 6) is -0.298. The van der Waals surface area contributed by atoms with E-state index in [2.05, 4.69) is 4.98 Å². The van der Waals surface area contributed by atoms with Gasteiger partial charge in [-0.05, 0) is 42.7 Å². The van der Waals surface area contributed by atoms with E-state index in [9.17, 15) is 9.18 Å². The second-order valence-corrected chi connectivity index (χ2v) is 4.95. The molecule has 0 aliphatic carbocycles. The van der Waals surface area contributed by atoms with E-state index in [-0.39, 0.29) is 17.8 Å². The van der Waals surface area contributed by atoms with Crippen molar-refractivity contribution in [1.82, 2.24) is 9.88 Å². The molecule has 0 N–H and O–H groups in total. The number of amides is 1. The van der Waals surface area contributed by atoms with Gasteiger partial charge in [-0.2, -0.15) is 0 Å². The van der Waals surface area contributed by atoms with Gasteiger partial charge in [-0.15, -0.1) is 0 Å². The van der Waals surface area contributed by atoms with Gasteiger partial charge in [-0.3, -0.25) is 9.78 Å². The lowest BCUT2D eigenvalue weighted by Crippen LogP contribution is -2.30. The molecule has 4 heteroatoms. The number of hydrogen-bond donors (Lipinski definition) is 0. The molecule has 1 aliphatic rings. The summed E-state index contributed by atoms with van der Waals surface area (Å²) < 4.78 is 13.4. The van der Waals surface area contributed by atoms with Gasteiger partial charge < -0.3 is 4.90 Å². The number of pyridine rings is 1.